The van der Waals surface area contributed by atoms with Crippen LogP contribution in [0.4, 0.5) is 18.3 Å². The first-order valence-corrected chi connectivity index (χ1v) is 11.8. The van der Waals surface area contributed by atoms with E-state index in [1.165, 1.54) is 46.8 Å². The minimum Gasteiger partial charge on any atom is -0.497 e. The van der Waals surface area contributed by atoms with E-state index in [1.54, 1.807) is 30.3 Å². The Labute approximate surface area is 219 Å². The summed E-state index contributed by atoms with van der Waals surface area (Å²) in [6, 6.07) is 12.5. The third kappa shape index (κ3) is 5.49. The molecule has 1 heterocycles. The van der Waals surface area contributed by atoms with Gasteiger partial charge in [0.15, 0.2) is 11.5 Å². The molecule has 0 radical (unpaired) electrons. The van der Waals surface area contributed by atoms with E-state index in [9.17, 15) is 18.0 Å². The van der Waals surface area contributed by atoms with Crippen LogP contribution >= 0.6 is 11.3 Å². The lowest BCUT2D eigenvalue weighted by Crippen LogP contribution is -2.26. The van der Waals surface area contributed by atoms with E-state index in [4.69, 9.17) is 18.9 Å². The molecule has 0 aliphatic rings. The number of nitrogens with zero attached hydrogens (tertiary/aromatic N) is 3. The highest BCUT2D eigenvalue weighted by Crippen LogP contribution is 2.38. The molecule has 1 amide bonds. The highest BCUT2D eigenvalue weighted by Gasteiger charge is 2.32. The summed E-state index contributed by atoms with van der Waals surface area (Å²) in [4.78, 5) is 18.0. The lowest BCUT2D eigenvalue weighted by Gasteiger charge is -2.16. The maximum absolute atomic E-state index is 13.5. The van der Waals surface area contributed by atoms with Crippen molar-refractivity contribution < 1.29 is 36.9 Å². The second-order valence-corrected chi connectivity index (χ2v) is 8.74. The SMILES string of the molecule is COc1ccc2nc(N(/N=C/c3cc(OC)c(OC)c(OC)c3)C(=O)c3cccc(C(F)(F)F)c3)sc2c1. The fourth-order valence-corrected chi connectivity index (χ4v) is 4.50. The van der Waals surface area contributed by atoms with Gasteiger partial charge in [0.1, 0.15) is 5.75 Å². The zero-order chi connectivity index (χ0) is 27.4. The lowest BCUT2D eigenvalue weighted by molar-refractivity contribution is -0.137. The van der Waals surface area contributed by atoms with Crippen molar-refractivity contribution in [3.63, 3.8) is 0 Å². The second kappa shape index (κ2) is 11.0. The summed E-state index contributed by atoms with van der Waals surface area (Å²) in [6.45, 7) is 0. The summed E-state index contributed by atoms with van der Waals surface area (Å²) >= 11 is 1.13. The van der Waals surface area contributed by atoms with E-state index in [-0.39, 0.29) is 10.7 Å². The fourth-order valence-electron chi connectivity index (χ4n) is 3.55. The van der Waals surface area contributed by atoms with Gasteiger partial charge < -0.3 is 18.9 Å². The molecular formula is C26H22F3N3O5S. The molecule has 0 fully saturated rings. The number of benzene rings is 3. The first-order valence-electron chi connectivity index (χ1n) is 11.0. The van der Waals surface area contributed by atoms with Crippen LogP contribution in [0.1, 0.15) is 21.5 Å². The van der Waals surface area contributed by atoms with E-state index in [1.807, 2.05) is 0 Å². The number of carbonyl (C=O) groups excluding carboxylic acids is 1. The van der Waals surface area contributed by atoms with E-state index < -0.39 is 17.6 Å². The van der Waals surface area contributed by atoms with Crippen molar-refractivity contribution in [2.24, 2.45) is 5.10 Å². The van der Waals surface area contributed by atoms with Gasteiger partial charge in [0, 0.05) is 11.1 Å². The number of hydrazone groups is 1. The molecule has 4 rings (SSSR count). The first kappa shape index (κ1) is 26.7. The third-order valence-electron chi connectivity index (χ3n) is 5.40. The molecule has 0 N–H and O–H groups in total. The molecule has 3 aromatic carbocycles. The van der Waals surface area contributed by atoms with Gasteiger partial charge in [-0.05, 0) is 48.5 Å². The predicted molar refractivity (Wildman–Crippen MR) is 138 cm³/mol. The molecule has 12 heteroatoms. The summed E-state index contributed by atoms with van der Waals surface area (Å²) in [5.74, 6) is 0.867. The largest absolute Gasteiger partial charge is 0.497 e. The van der Waals surface area contributed by atoms with Gasteiger partial charge >= 0.3 is 6.18 Å². The molecular weight excluding hydrogens is 523 g/mol. The molecule has 8 nitrogen and oxygen atoms in total. The summed E-state index contributed by atoms with van der Waals surface area (Å²) in [7, 11) is 5.90. The number of methoxy groups -OCH3 is 4. The number of carbonyl (C=O) groups is 1. The molecule has 0 spiro atoms. The van der Waals surface area contributed by atoms with Crippen LogP contribution in [-0.2, 0) is 6.18 Å². The van der Waals surface area contributed by atoms with Gasteiger partial charge in [0.2, 0.25) is 10.9 Å². The lowest BCUT2D eigenvalue weighted by atomic mass is 10.1. The van der Waals surface area contributed by atoms with Crippen molar-refractivity contribution in [3.05, 3.63) is 71.3 Å². The number of thiazole rings is 1. The highest BCUT2D eigenvalue weighted by molar-refractivity contribution is 7.22. The Morgan fingerprint density at radius 3 is 2.26 bits per heavy atom. The predicted octanol–water partition coefficient (Wildman–Crippen LogP) is 6.03. The number of rotatable bonds is 8. The van der Waals surface area contributed by atoms with Crippen molar-refractivity contribution in [2.75, 3.05) is 33.4 Å². The van der Waals surface area contributed by atoms with Gasteiger partial charge in [0.25, 0.3) is 5.91 Å². The van der Waals surface area contributed by atoms with Gasteiger partial charge in [0.05, 0.1) is 50.4 Å². The molecule has 0 aliphatic carbocycles. The topological polar surface area (TPSA) is 82.5 Å². The molecule has 0 saturated heterocycles. The third-order valence-corrected chi connectivity index (χ3v) is 6.40. The Balaban J connectivity index is 1.81. The van der Waals surface area contributed by atoms with Crippen LogP contribution in [0.25, 0.3) is 10.2 Å². The summed E-state index contributed by atoms with van der Waals surface area (Å²) < 4.78 is 62.0. The van der Waals surface area contributed by atoms with Gasteiger partial charge in [-0.2, -0.15) is 23.3 Å². The zero-order valence-electron chi connectivity index (χ0n) is 20.7. The van der Waals surface area contributed by atoms with Crippen molar-refractivity contribution >= 4 is 38.8 Å². The summed E-state index contributed by atoms with van der Waals surface area (Å²) in [5, 5.41) is 5.43. The summed E-state index contributed by atoms with van der Waals surface area (Å²) in [5.41, 5.74) is -0.121. The average molecular weight is 546 g/mol. The molecule has 0 saturated carbocycles. The van der Waals surface area contributed by atoms with Gasteiger partial charge in [-0.1, -0.05) is 17.4 Å². The standard InChI is InChI=1S/C26H22F3N3O5S/c1-34-18-8-9-19-22(13-18)38-25(31-19)32(24(33)16-6-5-7-17(12-16)26(27,28)29)30-14-15-10-20(35-2)23(37-4)21(11-15)36-3/h5-14H,1-4H3/b30-14+. The number of aromatic nitrogens is 1. The first-order chi connectivity index (χ1) is 18.2. The number of alkyl halides is 3. The molecule has 0 aliphatic heterocycles. The molecule has 0 unspecified atom stereocenters. The molecule has 0 bridgehead atoms. The van der Waals surface area contributed by atoms with Crippen LogP contribution in [0.3, 0.4) is 0 Å². The number of halogens is 3. The maximum atomic E-state index is 13.5. The van der Waals surface area contributed by atoms with Gasteiger partial charge in [-0.25, -0.2) is 4.98 Å². The van der Waals surface area contributed by atoms with Crippen LogP contribution in [0, 0.1) is 0 Å². The summed E-state index contributed by atoms with van der Waals surface area (Å²) in [6.07, 6.45) is -3.27. The van der Waals surface area contributed by atoms with E-state index in [0.29, 0.717) is 38.8 Å². The number of hydrogen-bond acceptors (Lipinski definition) is 8. The molecule has 0 atom stereocenters. The van der Waals surface area contributed by atoms with Crippen LogP contribution < -0.4 is 24.0 Å². The minimum absolute atomic E-state index is 0.152. The van der Waals surface area contributed by atoms with Gasteiger partial charge in [-0.3, -0.25) is 4.79 Å². The second-order valence-electron chi connectivity index (χ2n) is 7.73. The van der Waals surface area contributed by atoms with Crippen LogP contribution in [0.5, 0.6) is 23.0 Å². The highest BCUT2D eigenvalue weighted by atomic mass is 32.1. The number of ether oxygens (including phenoxy) is 4. The molecule has 38 heavy (non-hydrogen) atoms. The van der Waals surface area contributed by atoms with Crippen LogP contribution in [0.2, 0.25) is 0 Å². The van der Waals surface area contributed by atoms with E-state index >= 15 is 0 Å². The molecule has 198 valence electrons. The van der Waals surface area contributed by atoms with E-state index in [0.717, 1.165) is 28.5 Å². The van der Waals surface area contributed by atoms with Crippen molar-refractivity contribution in [2.45, 2.75) is 6.18 Å². The van der Waals surface area contributed by atoms with E-state index in [2.05, 4.69) is 10.1 Å². The van der Waals surface area contributed by atoms with Crippen molar-refractivity contribution in [1.29, 1.82) is 0 Å². The number of amides is 1. The number of fused-ring (bicyclic) bond motifs is 1. The average Bonchev–Trinajstić information content (AvgIpc) is 3.34. The quantitative estimate of drug-likeness (QED) is 0.199. The smallest absolute Gasteiger partial charge is 0.416 e. The van der Waals surface area contributed by atoms with Crippen molar-refractivity contribution in [3.8, 4) is 23.0 Å². The van der Waals surface area contributed by atoms with Crippen LogP contribution in [-0.4, -0.2) is 45.5 Å². The maximum Gasteiger partial charge on any atom is 0.416 e. The number of hydrogen-bond donors (Lipinski definition) is 0. The fraction of sp³-hybridized carbons (Fsp3) is 0.192. The minimum atomic E-state index is -4.62. The normalized spacial score (nSPS) is 11.6. The molecule has 4 aromatic rings. The van der Waals surface area contributed by atoms with Gasteiger partial charge in [-0.15, -0.1) is 0 Å². The Bertz CT molecular complexity index is 1480. The van der Waals surface area contributed by atoms with Crippen molar-refractivity contribution in [1.82, 2.24) is 4.98 Å². The Morgan fingerprint density at radius 2 is 1.66 bits per heavy atom. The van der Waals surface area contributed by atoms with Crippen LogP contribution in [0.15, 0.2) is 59.7 Å². The monoisotopic (exact) mass is 545 g/mol. The zero-order valence-corrected chi connectivity index (χ0v) is 21.5. The Hall–Kier alpha value is -4.32. The number of anilines is 1. The Kier molecular flexibility index (Phi) is 7.72. The Morgan fingerprint density at radius 1 is 0.947 bits per heavy atom. The molecule has 1 aromatic heterocycles.